The molecule has 0 heterocycles. The molecule has 1 aliphatic carbocycles. The van der Waals surface area contributed by atoms with Crippen molar-refractivity contribution in [3.05, 3.63) is 22.8 Å². The fourth-order valence-electron chi connectivity index (χ4n) is 6.94. The minimum atomic E-state index is -1.80. The molecule has 0 aromatic carbocycles. The van der Waals surface area contributed by atoms with Crippen LogP contribution < -0.4 is 0 Å². The summed E-state index contributed by atoms with van der Waals surface area (Å²) in [7, 11) is -1.80. The Morgan fingerprint density at radius 1 is 1.00 bits per heavy atom. The quantitative estimate of drug-likeness (QED) is 0.483. The normalized spacial score (nSPS) is 23.8. The highest BCUT2D eigenvalue weighted by Gasteiger charge is 2.63. The number of allylic oxidation sites excluding steroid dienone is 3. The minimum Gasteiger partial charge on any atom is -0.478 e. The molecule has 0 bridgehead atoms. The van der Waals surface area contributed by atoms with Gasteiger partial charge in [-0.3, -0.25) is 0 Å². The zero-order valence-corrected chi connectivity index (χ0v) is 20.1. The molecule has 0 amide bonds. The number of aliphatic carboxylic acids is 1. The predicted molar refractivity (Wildman–Crippen MR) is 117 cm³/mol. The Labute approximate surface area is 163 Å². The highest BCUT2D eigenvalue weighted by atomic mass is 28.3. The van der Waals surface area contributed by atoms with E-state index in [1.54, 1.807) is 0 Å². The third kappa shape index (κ3) is 3.25. The van der Waals surface area contributed by atoms with E-state index in [9.17, 15) is 9.90 Å². The molecule has 1 atom stereocenters. The van der Waals surface area contributed by atoms with Gasteiger partial charge in [-0.1, -0.05) is 90.6 Å². The summed E-state index contributed by atoms with van der Waals surface area (Å²) in [6.07, 6.45) is 3.83. The summed E-state index contributed by atoms with van der Waals surface area (Å²) in [4.78, 5) is 12.0. The Morgan fingerprint density at radius 2 is 1.42 bits per heavy atom. The fourth-order valence-corrected chi connectivity index (χ4v) is 16.5. The van der Waals surface area contributed by atoms with Gasteiger partial charge in [0.25, 0.3) is 0 Å². The largest absolute Gasteiger partial charge is 0.478 e. The van der Waals surface area contributed by atoms with Gasteiger partial charge in [-0.05, 0) is 42.7 Å². The van der Waals surface area contributed by atoms with Crippen LogP contribution in [0.15, 0.2) is 22.8 Å². The SMILES string of the molecule is CC(C)=CC1=C(C(=O)O)CCC(C)([Si](C(C)C)(C(C)C)C(C)C)C1(C)C. The monoisotopic (exact) mass is 378 g/mol. The maximum atomic E-state index is 12.0. The molecule has 26 heavy (non-hydrogen) atoms. The molecule has 0 aliphatic heterocycles. The van der Waals surface area contributed by atoms with E-state index >= 15 is 0 Å². The van der Waals surface area contributed by atoms with E-state index in [0.717, 1.165) is 12.0 Å². The van der Waals surface area contributed by atoms with Gasteiger partial charge in [0.2, 0.25) is 0 Å². The third-order valence-corrected chi connectivity index (χ3v) is 16.3. The lowest BCUT2D eigenvalue weighted by Gasteiger charge is -2.64. The molecule has 0 saturated heterocycles. The van der Waals surface area contributed by atoms with Gasteiger partial charge in [0.15, 0.2) is 0 Å². The van der Waals surface area contributed by atoms with E-state index in [-0.39, 0.29) is 10.5 Å². The molecule has 1 aliphatic rings. The molecule has 0 fully saturated rings. The number of carbonyl (C=O) groups is 1. The van der Waals surface area contributed by atoms with Gasteiger partial charge in [0.05, 0.1) is 8.07 Å². The van der Waals surface area contributed by atoms with E-state index in [2.05, 4.69) is 82.2 Å². The van der Waals surface area contributed by atoms with E-state index in [1.807, 2.05) is 0 Å². The van der Waals surface area contributed by atoms with Crippen LogP contribution in [-0.2, 0) is 4.79 Å². The first kappa shape index (κ1) is 23.2. The second-order valence-corrected chi connectivity index (χ2v) is 16.7. The lowest BCUT2D eigenvalue weighted by atomic mass is 9.64. The number of carboxylic acid groups (broad SMARTS) is 1. The smallest absolute Gasteiger partial charge is 0.331 e. The number of rotatable bonds is 6. The van der Waals surface area contributed by atoms with Crippen molar-refractivity contribution in [2.24, 2.45) is 5.41 Å². The molecule has 0 radical (unpaired) electrons. The summed E-state index contributed by atoms with van der Waals surface area (Å²) in [5, 5.41) is 10.0. The topological polar surface area (TPSA) is 37.3 Å². The van der Waals surface area contributed by atoms with Crippen LogP contribution in [0, 0.1) is 5.41 Å². The van der Waals surface area contributed by atoms with Crippen molar-refractivity contribution in [1.29, 1.82) is 0 Å². The average molecular weight is 379 g/mol. The maximum absolute atomic E-state index is 12.0. The van der Waals surface area contributed by atoms with Crippen LogP contribution in [0.1, 0.15) is 89.0 Å². The highest BCUT2D eigenvalue weighted by molar-refractivity contribution is 6.86. The summed E-state index contributed by atoms with van der Waals surface area (Å²) in [5.74, 6) is -0.737. The van der Waals surface area contributed by atoms with Crippen LogP contribution >= 0.6 is 0 Å². The Hall–Kier alpha value is -0.833. The second kappa shape index (κ2) is 7.65. The molecule has 3 heteroatoms. The Morgan fingerprint density at radius 3 is 1.73 bits per heavy atom. The predicted octanol–water partition coefficient (Wildman–Crippen LogP) is 7.59. The van der Waals surface area contributed by atoms with Gasteiger partial charge >= 0.3 is 5.97 Å². The third-order valence-electron chi connectivity index (χ3n) is 7.77. The van der Waals surface area contributed by atoms with Crippen molar-refractivity contribution in [2.45, 2.75) is 111 Å². The fraction of sp³-hybridized carbons (Fsp3) is 0.783. The molecular formula is C23H42O2Si. The van der Waals surface area contributed by atoms with Crippen molar-refractivity contribution in [3.8, 4) is 0 Å². The van der Waals surface area contributed by atoms with Crippen LogP contribution in [0.2, 0.25) is 21.7 Å². The lowest BCUT2D eigenvalue weighted by Crippen LogP contribution is -2.60. The van der Waals surface area contributed by atoms with Gasteiger partial charge in [0.1, 0.15) is 0 Å². The van der Waals surface area contributed by atoms with Gasteiger partial charge < -0.3 is 5.11 Å². The van der Waals surface area contributed by atoms with Crippen molar-refractivity contribution >= 4 is 14.0 Å². The zero-order valence-electron chi connectivity index (χ0n) is 19.1. The molecule has 0 aromatic rings. The van der Waals surface area contributed by atoms with Crippen LogP contribution in [0.5, 0.6) is 0 Å². The molecule has 2 nitrogen and oxygen atoms in total. The molecule has 1 rings (SSSR count). The molecular weight excluding hydrogens is 336 g/mol. The molecule has 0 spiro atoms. The van der Waals surface area contributed by atoms with Crippen molar-refractivity contribution in [1.82, 2.24) is 0 Å². The standard InChI is InChI=1S/C23H42O2Si/c1-15(2)14-20-19(21(24)25)12-13-23(11,22(20,9)10)26(16(3)4,17(5)6)18(7)8/h14,16-18H,12-13H2,1-11H3,(H,24,25). The van der Waals surface area contributed by atoms with Gasteiger partial charge in [-0.25, -0.2) is 4.79 Å². The maximum Gasteiger partial charge on any atom is 0.331 e. The number of hydrogen-bond acceptors (Lipinski definition) is 1. The Bertz CT molecular complexity index is 582. The van der Waals surface area contributed by atoms with Crippen LogP contribution in [0.25, 0.3) is 0 Å². The summed E-state index contributed by atoms with van der Waals surface area (Å²) in [6, 6.07) is 0. The first-order valence-corrected chi connectivity index (χ1v) is 12.5. The summed E-state index contributed by atoms with van der Waals surface area (Å²) in [6.45, 7) is 25.8. The van der Waals surface area contributed by atoms with E-state index < -0.39 is 14.0 Å². The molecule has 0 saturated carbocycles. The first-order chi connectivity index (χ1) is 11.7. The molecule has 0 aromatic heterocycles. The van der Waals surface area contributed by atoms with Crippen LogP contribution in [-0.4, -0.2) is 19.1 Å². The molecule has 1 unspecified atom stereocenters. The van der Waals surface area contributed by atoms with Crippen LogP contribution in [0.3, 0.4) is 0 Å². The summed E-state index contributed by atoms with van der Waals surface area (Å²) >= 11 is 0. The van der Waals surface area contributed by atoms with E-state index in [1.165, 1.54) is 5.57 Å². The minimum absolute atomic E-state index is 0.150. The van der Waals surface area contributed by atoms with Gasteiger partial charge in [-0.2, -0.15) is 0 Å². The highest BCUT2D eigenvalue weighted by Crippen LogP contribution is 2.70. The van der Waals surface area contributed by atoms with Crippen LogP contribution in [0.4, 0.5) is 0 Å². The number of hydrogen-bond donors (Lipinski definition) is 1. The molecule has 150 valence electrons. The van der Waals surface area contributed by atoms with Crippen molar-refractivity contribution in [3.63, 3.8) is 0 Å². The average Bonchev–Trinajstić information content (AvgIpc) is 2.43. The van der Waals surface area contributed by atoms with E-state index in [0.29, 0.717) is 28.6 Å². The number of carboxylic acids is 1. The Balaban J connectivity index is 3.88. The first-order valence-electron chi connectivity index (χ1n) is 10.3. The van der Waals surface area contributed by atoms with Crippen molar-refractivity contribution < 1.29 is 9.90 Å². The Kier molecular flexibility index (Phi) is 6.83. The van der Waals surface area contributed by atoms with Crippen molar-refractivity contribution in [2.75, 3.05) is 0 Å². The lowest BCUT2D eigenvalue weighted by molar-refractivity contribution is -0.133. The zero-order chi connectivity index (χ0) is 20.7. The van der Waals surface area contributed by atoms with E-state index in [4.69, 9.17) is 0 Å². The summed E-state index contributed by atoms with van der Waals surface area (Å²) < 4.78 is 0. The second-order valence-electron chi connectivity index (χ2n) is 10.3. The summed E-state index contributed by atoms with van der Waals surface area (Å²) in [5.41, 5.74) is 4.71. The van der Waals surface area contributed by atoms with Gasteiger partial charge in [-0.15, -0.1) is 0 Å². The molecule has 1 N–H and O–H groups in total. The van der Waals surface area contributed by atoms with Gasteiger partial charge in [0, 0.05) is 5.57 Å².